The first kappa shape index (κ1) is 27.9. The minimum atomic E-state index is -0.664. The van der Waals surface area contributed by atoms with E-state index in [9.17, 15) is 14.9 Å². The summed E-state index contributed by atoms with van der Waals surface area (Å²) in [5.41, 5.74) is 0.620. The average molecular weight is 541 g/mol. The second-order valence-electron chi connectivity index (χ2n) is 12.9. The molecule has 0 spiro atoms. The van der Waals surface area contributed by atoms with Crippen molar-refractivity contribution < 1.29 is 23.5 Å². The summed E-state index contributed by atoms with van der Waals surface area (Å²) in [5.74, 6) is -0.652. The predicted molar refractivity (Wildman–Crippen MR) is 145 cm³/mol. The van der Waals surface area contributed by atoms with E-state index in [0.717, 1.165) is 51.1 Å². The van der Waals surface area contributed by atoms with Crippen LogP contribution in [-0.4, -0.2) is 78.9 Å². The maximum Gasteiger partial charge on any atom is 0.411 e. The Bertz CT molecular complexity index is 1130. The zero-order chi connectivity index (χ0) is 27.9. The lowest BCUT2D eigenvalue weighted by Gasteiger charge is -2.46. The Labute approximate surface area is 231 Å². The van der Waals surface area contributed by atoms with Gasteiger partial charge in [-0.2, -0.15) is 5.26 Å². The second-order valence-corrected chi connectivity index (χ2v) is 12.9. The Morgan fingerprint density at radius 2 is 2.03 bits per heavy atom. The Balaban J connectivity index is 1.22. The molecule has 2 bridgehead atoms. The number of nitriles is 1. The SMILES string of the molecule is CN1COC[C@H]2CN(c3ccc(C[C@@H](C#N)CC(=O)[C@@H]4[C@H]5CC[C@H](C5)N4C(=O)OC(C)(C)C)c(F)c3)CC[C@@H]21. The normalized spacial score (nSPS) is 29.6. The summed E-state index contributed by atoms with van der Waals surface area (Å²) in [6, 6.07) is 7.39. The van der Waals surface area contributed by atoms with Gasteiger partial charge in [-0.25, -0.2) is 9.18 Å². The minimum absolute atomic E-state index is 0.00636. The summed E-state index contributed by atoms with van der Waals surface area (Å²) in [4.78, 5) is 32.5. The fourth-order valence-corrected chi connectivity index (χ4v) is 7.11. The molecule has 212 valence electrons. The van der Waals surface area contributed by atoms with Gasteiger partial charge in [-0.3, -0.25) is 14.6 Å². The molecular weight excluding hydrogens is 499 g/mol. The van der Waals surface area contributed by atoms with Crippen LogP contribution in [0.3, 0.4) is 0 Å². The fraction of sp³-hybridized carbons (Fsp3) is 0.700. The third-order valence-electron chi connectivity index (χ3n) is 8.90. The van der Waals surface area contributed by atoms with Gasteiger partial charge in [0.25, 0.3) is 0 Å². The van der Waals surface area contributed by atoms with Crippen LogP contribution in [0.5, 0.6) is 0 Å². The molecule has 1 aromatic carbocycles. The number of anilines is 1. The van der Waals surface area contributed by atoms with Crippen molar-refractivity contribution in [3.63, 3.8) is 0 Å². The van der Waals surface area contributed by atoms with Crippen molar-refractivity contribution in [1.82, 2.24) is 9.80 Å². The van der Waals surface area contributed by atoms with Crippen LogP contribution in [0.4, 0.5) is 14.9 Å². The highest BCUT2D eigenvalue weighted by atomic mass is 19.1. The molecule has 6 atom stereocenters. The van der Waals surface area contributed by atoms with Crippen LogP contribution in [-0.2, 0) is 20.7 Å². The first-order chi connectivity index (χ1) is 18.5. The molecule has 4 aliphatic rings. The number of ketones is 1. The van der Waals surface area contributed by atoms with E-state index in [1.54, 1.807) is 17.0 Å². The van der Waals surface area contributed by atoms with E-state index >= 15 is 4.39 Å². The zero-order valence-corrected chi connectivity index (χ0v) is 23.6. The number of likely N-dealkylation sites (tertiary alicyclic amines) is 1. The highest BCUT2D eigenvalue weighted by molar-refractivity contribution is 5.89. The van der Waals surface area contributed by atoms with E-state index in [4.69, 9.17) is 9.47 Å². The van der Waals surface area contributed by atoms with E-state index < -0.39 is 23.7 Å². The summed E-state index contributed by atoms with van der Waals surface area (Å²) in [5, 5.41) is 9.87. The van der Waals surface area contributed by atoms with Crippen LogP contribution >= 0.6 is 0 Å². The molecule has 4 fully saturated rings. The van der Waals surface area contributed by atoms with Crippen LogP contribution in [0.25, 0.3) is 0 Å². The van der Waals surface area contributed by atoms with Gasteiger partial charge in [0.15, 0.2) is 5.78 Å². The molecule has 0 unspecified atom stereocenters. The van der Waals surface area contributed by atoms with E-state index in [1.165, 1.54) is 0 Å². The third-order valence-corrected chi connectivity index (χ3v) is 8.90. The van der Waals surface area contributed by atoms with Crippen LogP contribution in [0.15, 0.2) is 18.2 Å². The molecule has 39 heavy (non-hydrogen) atoms. The molecule has 5 rings (SSSR count). The first-order valence-corrected chi connectivity index (χ1v) is 14.3. The molecule has 8 nitrogen and oxygen atoms in total. The summed E-state index contributed by atoms with van der Waals surface area (Å²) in [6.45, 7) is 8.50. The lowest BCUT2D eigenvalue weighted by atomic mass is 9.87. The number of nitrogens with zero attached hydrogens (tertiary/aromatic N) is 4. The standard InChI is InChI=1S/C30H41FN4O4/c1-30(2,3)39-29(37)35-24-8-6-21(13-24)28(35)27(36)12-19(15-32)11-20-5-7-23(14-25(20)31)34-10-9-26-22(16-34)17-38-18-33(26)4/h5,7,14,19,21-22,24,26,28H,6,8-13,16-18H2,1-4H3/t19-,21+,22-,24-,26+,28+/m1/s1. The summed E-state index contributed by atoms with van der Waals surface area (Å²) < 4.78 is 26.6. The number of carbonyl (C=O) groups excluding carboxylic acids is 2. The number of benzene rings is 1. The van der Waals surface area contributed by atoms with Crippen molar-refractivity contribution in [2.45, 2.75) is 83.0 Å². The quantitative estimate of drug-likeness (QED) is 0.530. The topological polar surface area (TPSA) is 86.1 Å². The minimum Gasteiger partial charge on any atom is -0.444 e. The molecule has 1 saturated carbocycles. The third kappa shape index (κ3) is 5.92. The van der Waals surface area contributed by atoms with Gasteiger partial charge in [0, 0.05) is 43.2 Å². The van der Waals surface area contributed by atoms with Crippen molar-refractivity contribution in [3.05, 3.63) is 29.6 Å². The van der Waals surface area contributed by atoms with Gasteiger partial charge in [0.2, 0.25) is 0 Å². The van der Waals surface area contributed by atoms with E-state index in [2.05, 4.69) is 22.9 Å². The lowest BCUT2D eigenvalue weighted by molar-refractivity contribution is -0.126. The van der Waals surface area contributed by atoms with E-state index in [1.807, 2.05) is 26.8 Å². The Morgan fingerprint density at radius 3 is 2.74 bits per heavy atom. The molecule has 9 heteroatoms. The lowest BCUT2D eigenvalue weighted by Crippen LogP contribution is -2.55. The Kier molecular flexibility index (Phi) is 7.89. The fourth-order valence-electron chi connectivity index (χ4n) is 7.11. The molecule has 1 amide bonds. The first-order valence-electron chi connectivity index (χ1n) is 14.3. The maximum atomic E-state index is 15.3. The van der Waals surface area contributed by atoms with Crippen molar-refractivity contribution in [2.24, 2.45) is 17.8 Å². The number of hydrogen-bond acceptors (Lipinski definition) is 7. The number of rotatable bonds is 6. The molecule has 3 saturated heterocycles. The van der Waals surface area contributed by atoms with Crippen molar-refractivity contribution >= 4 is 17.6 Å². The van der Waals surface area contributed by atoms with Gasteiger partial charge in [0.1, 0.15) is 11.4 Å². The summed E-state index contributed by atoms with van der Waals surface area (Å²) in [7, 11) is 2.09. The molecule has 0 aromatic heterocycles. The number of carbonyl (C=O) groups is 2. The number of hydrogen-bond donors (Lipinski definition) is 0. The van der Waals surface area contributed by atoms with Gasteiger partial charge in [-0.15, -0.1) is 0 Å². The van der Waals surface area contributed by atoms with Gasteiger partial charge < -0.3 is 14.4 Å². The van der Waals surface area contributed by atoms with Gasteiger partial charge in [0.05, 0.1) is 31.4 Å². The van der Waals surface area contributed by atoms with Crippen molar-refractivity contribution in [2.75, 3.05) is 38.4 Å². The van der Waals surface area contributed by atoms with Gasteiger partial charge in [-0.05, 0) is 83.5 Å². The number of Topliss-reactive ketones (excluding diaryl/α,β-unsaturated/α-hetero) is 1. The van der Waals surface area contributed by atoms with Crippen LogP contribution < -0.4 is 4.90 Å². The predicted octanol–water partition coefficient (Wildman–Crippen LogP) is 4.37. The van der Waals surface area contributed by atoms with Crippen LogP contribution in [0, 0.1) is 34.9 Å². The Morgan fingerprint density at radius 1 is 1.23 bits per heavy atom. The second kappa shape index (κ2) is 11.1. The molecule has 0 radical (unpaired) electrons. The molecule has 3 aliphatic heterocycles. The van der Waals surface area contributed by atoms with Crippen molar-refractivity contribution in [3.8, 4) is 6.07 Å². The zero-order valence-electron chi connectivity index (χ0n) is 23.6. The van der Waals surface area contributed by atoms with Crippen LogP contribution in [0.1, 0.15) is 58.4 Å². The molecule has 3 heterocycles. The smallest absolute Gasteiger partial charge is 0.411 e. The monoisotopic (exact) mass is 540 g/mol. The summed E-state index contributed by atoms with van der Waals surface area (Å²) in [6.07, 6.45) is 3.26. The summed E-state index contributed by atoms with van der Waals surface area (Å²) >= 11 is 0. The number of amides is 1. The van der Waals surface area contributed by atoms with E-state index in [-0.39, 0.29) is 36.4 Å². The highest BCUT2D eigenvalue weighted by Crippen LogP contribution is 2.44. The van der Waals surface area contributed by atoms with Gasteiger partial charge in [-0.1, -0.05) is 6.07 Å². The largest absolute Gasteiger partial charge is 0.444 e. The van der Waals surface area contributed by atoms with Gasteiger partial charge >= 0.3 is 6.09 Å². The highest BCUT2D eigenvalue weighted by Gasteiger charge is 2.52. The van der Waals surface area contributed by atoms with Crippen LogP contribution in [0.2, 0.25) is 0 Å². The van der Waals surface area contributed by atoms with E-state index in [0.29, 0.717) is 24.3 Å². The number of piperidine rings is 2. The number of ether oxygens (including phenoxy) is 2. The molecule has 1 aromatic rings. The van der Waals surface area contributed by atoms with Crippen molar-refractivity contribution in [1.29, 1.82) is 5.26 Å². The number of halogens is 1. The molecular formula is C30H41FN4O4. The Hall–Kier alpha value is -2.70. The molecule has 1 aliphatic carbocycles. The number of fused-ring (bicyclic) bond motifs is 3. The molecule has 0 N–H and O–H groups in total. The maximum absolute atomic E-state index is 15.3. The average Bonchev–Trinajstić information content (AvgIpc) is 3.50.